The maximum Gasteiger partial charge on any atom is 0.278 e. The van der Waals surface area contributed by atoms with Crippen molar-refractivity contribution in [2.24, 2.45) is 0 Å². The molecule has 0 aliphatic rings. The highest BCUT2D eigenvalue weighted by molar-refractivity contribution is 6.04. The number of hydrogen-bond acceptors (Lipinski definition) is 3. The lowest BCUT2D eigenvalue weighted by atomic mass is 10.1. The van der Waals surface area contributed by atoms with E-state index in [-0.39, 0.29) is 11.8 Å². The number of nitrogens with zero attached hydrogens (tertiary/aromatic N) is 2. The number of carbonyl (C=O) groups is 2. The summed E-state index contributed by atoms with van der Waals surface area (Å²) in [5, 5.41) is 7.04. The minimum atomic E-state index is -0.192. The minimum absolute atomic E-state index is 0.179. The van der Waals surface area contributed by atoms with Crippen molar-refractivity contribution in [1.82, 2.24) is 9.78 Å². The van der Waals surface area contributed by atoms with Gasteiger partial charge in [0, 0.05) is 22.5 Å². The number of amides is 1. The fourth-order valence-corrected chi connectivity index (χ4v) is 2.64. The lowest BCUT2D eigenvalue weighted by molar-refractivity contribution is 0.0942. The average Bonchev–Trinajstić information content (AvgIpc) is 2.93. The molecule has 0 radical (unpaired) electrons. The molecule has 25 heavy (non-hydrogen) atoms. The van der Waals surface area contributed by atoms with E-state index in [0.29, 0.717) is 16.8 Å². The number of aryl methyl sites for hydroxylation is 3. The van der Waals surface area contributed by atoms with Gasteiger partial charge in [-0.15, -0.1) is 0 Å². The Morgan fingerprint density at radius 3 is 2.24 bits per heavy atom. The summed E-state index contributed by atoms with van der Waals surface area (Å²) in [5.74, 6) is -0.372. The summed E-state index contributed by atoms with van der Waals surface area (Å²) in [7, 11) is 0. The third-order valence-corrected chi connectivity index (χ3v) is 3.87. The van der Waals surface area contributed by atoms with Crippen LogP contribution in [0, 0.1) is 20.8 Å². The van der Waals surface area contributed by atoms with E-state index < -0.39 is 0 Å². The van der Waals surface area contributed by atoms with Crippen LogP contribution in [0.3, 0.4) is 0 Å². The smallest absolute Gasteiger partial charge is 0.278 e. The quantitative estimate of drug-likeness (QED) is 0.794. The summed E-state index contributed by atoms with van der Waals surface area (Å²) in [4.78, 5) is 24.7. The highest BCUT2D eigenvalue weighted by atomic mass is 16.2. The molecule has 1 amide bonds. The van der Waals surface area contributed by atoms with Gasteiger partial charge in [0.2, 0.25) is 0 Å². The molecule has 0 aliphatic heterocycles. The summed E-state index contributed by atoms with van der Waals surface area (Å²) in [5.41, 5.74) is 4.37. The van der Waals surface area contributed by atoms with E-state index >= 15 is 0 Å². The first-order valence-corrected chi connectivity index (χ1v) is 8.00. The molecule has 5 nitrogen and oxygen atoms in total. The van der Waals surface area contributed by atoms with Crippen molar-refractivity contribution in [1.29, 1.82) is 0 Å². The zero-order valence-corrected chi connectivity index (χ0v) is 14.4. The van der Waals surface area contributed by atoms with Crippen LogP contribution in [0.1, 0.15) is 37.7 Å². The molecule has 0 unspecified atom stereocenters. The molecule has 0 saturated carbocycles. The van der Waals surface area contributed by atoms with Crippen molar-refractivity contribution in [2.75, 3.05) is 5.32 Å². The summed E-state index contributed by atoms with van der Waals surface area (Å²) < 4.78 is 1.38. The van der Waals surface area contributed by atoms with E-state index in [9.17, 15) is 9.59 Å². The van der Waals surface area contributed by atoms with Gasteiger partial charge < -0.3 is 5.32 Å². The van der Waals surface area contributed by atoms with Gasteiger partial charge in [0.15, 0.2) is 0 Å². The summed E-state index contributed by atoms with van der Waals surface area (Å²) in [6.07, 6.45) is 0. The Bertz CT molecular complexity index is 940. The molecule has 0 spiro atoms. The molecule has 0 fully saturated rings. The highest BCUT2D eigenvalue weighted by Gasteiger charge is 2.13. The number of nitrogens with one attached hydrogen (secondary N) is 1. The van der Waals surface area contributed by atoms with Gasteiger partial charge in [0.05, 0.1) is 5.69 Å². The predicted octanol–water partition coefficient (Wildman–Crippen LogP) is 3.75. The van der Waals surface area contributed by atoms with Crippen LogP contribution in [0.4, 0.5) is 5.69 Å². The molecule has 126 valence electrons. The Kier molecular flexibility index (Phi) is 4.48. The van der Waals surface area contributed by atoms with Gasteiger partial charge in [-0.1, -0.05) is 17.7 Å². The van der Waals surface area contributed by atoms with Gasteiger partial charge >= 0.3 is 0 Å². The molecule has 1 aromatic heterocycles. The number of benzene rings is 2. The van der Waals surface area contributed by atoms with Crippen molar-refractivity contribution in [3.05, 3.63) is 82.7 Å². The molecule has 1 heterocycles. The number of anilines is 1. The first-order chi connectivity index (χ1) is 11.9. The molecule has 0 bridgehead atoms. The van der Waals surface area contributed by atoms with Crippen LogP contribution in [-0.2, 0) is 0 Å². The minimum Gasteiger partial charge on any atom is -0.322 e. The zero-order valence-electron chi connectivity index (χ0n) is 14.4. The third kappa shape index (κ3) is 3.66. The fraction of sp³-hybridized carbons (Fsp3) is 0.150. The van der Waals surface area contributed by atoms with Crippen LogP contribution in [0.2, 0.25) is 0 Å². The third-order valence-electron chi connectivity index (χ3n) is 3.87. The molecule has 0 aliphatic carbocycles. The Balaban J connectivity index is 1.75. The SMILES string of the molecule is Cc1cccc(C(=O)Nc2ccc(C(=O)n3nc(C)cc3C)cc2)c1. The van der Waals surface area contributed by atoms with Crippen LogP contribution in [0.5, 0.6) is 0 Å². The van der Waals surface area contributed by atoms with Gasteiger partial charge in [-0.25, -0.2) is 4.68 Å². The molecule has 0 atom stereocenters. The number of carbonyl (C=O) groups excluding carboxylic acids is 2. The normalized spacial score (nSPS) is 10.5. The maximum absolute atomic E-state index is 12.5. The molecule has 0 saturated heterocycles. The van der Waals surface area contributed by atoms with Crippen LogP contribution >= 0.6 is 0 Å². The highest BCUT2D eigenvalue weighted by Crippen LogP contribution is 2.14. The Morgan fingerprint density at radius 1 is 0.920 bits per heavy atom. The lowest BCUT2D eigenvalue weighted by Gasteiger charge is -2.07. The second kappa shape index (κ2) is 6.73. The monoisotopic (exact) mass is 333 g/mol. The van der Waals surface area contributed by atoms with E-state index in [1.54, 1.807) is 30.3 Å². The van der Waals surface area contributed by atoms with E-state index in [0.717, 1.165) is 17.0 Å². The van der Waals surface area contributed by atoms with E-state index in [1.165, 1.54) is 4.68 Å². The largest absolute Gasteiger partial charge is 0.322 e. The summed E-state index contributed by atoms with van der Waals surface area (Å²) in [6, 6.07) is 16.0. The molecule has 1 N–H and O–H groups in total. The van der Waals surface area contributed by atoms with Crippen molar-refractivity contribution >= 4 is 17.5 Å². The predicted molar refractivity (Wildman–Crippen MR) is 97.0 cm³/mol. The summed E-state index contributed by atoms with van der Waals surface area (Å²) in [6.45, 7) is 5.63. The number of rotatable bonds is 3. The van der Waals surface area contributed by atoms with Gasteiger partial charge in [-0.3, -0.25) is 9.59 Å². The number of hydrogen-bond donors (Lipinski definition) is 1. The molecular formula is C20H19N3O2. The van der Waals surface area contributed by atoms with Gasteiger partial charge in [0.1, 0.15) is 0 Å². The van der Waals surface area contributed by atoms with Crippen LogP contribution in [-0.4, -0.2) is 21.6 Å². The average molecular weight is 333 g/mol. The topological polar surface area (TPSA) is 64.0 Å². The lowest BCUT2D eigenvalue weighted by Crippen LogP contribution is -2.16. The fourth-order valence-electron chi connectivity index (χ4n) is 2.64. The second-order valence-corrected chi connectivity index (χ2v) is 6.05. The van der Waals surface area contributed by atoms with Gasteiger partial charge in [-0.05, 0) is 63.2 Å². The van der Waals surface area contributed by atoms with Gasteiger partial charge in [-0.2, -0.15) is 5.10 Å². The van der Waals surface area contributed by atoms with E-state index in [4.69, 9.17) is 0 Å². The summed E-state index contributed by atoms with van der Waals surface area (Å²) >= 11 is 0. The van der Waals surface area contributed by atoms with Crippen molar-refractivity contribution in [2.45, 2.75) is 20.8 Å². The molecular weight excluding hydrogens is 314 g/mol. The Labute approximate surface area is 146 Å². The Morgan fingerprint density at radius 2 is 1.64 bits per heavy atom. The van der Waals surface area contributed by atoms with Crippen molar-refractivity contribution in [3.63, 3.8) is 0 Å². The molecule has 3 rings (SSSR count). The van der Waals surface area contributed by atoms with Crippen LogP contribution in [0.25, 0.3) is 0 Å². The first kappa shape index (κ1) is 16.6. The molecule has 3 aromatic rings. The zero-order chi connectivity index (χ0) is 18.0. The molecule has 2 aromatic carbocycles. The molecule has 5 heteroatoms. The van der Waals surface area contributed by atoms with Crippen LogP contribution < -0.4 is 5.32 Å². The van der Waals surface area contributed by atoms with E-state index in [1.807, 2.05) is 45.0 Å². The Hall–Kier alpha value is -3.21. The maximum atomic E-state index is 12.5. The van der Waals surface area contributed by atoms with Crippen LogP contribution in [0.15, 0.2) is 54.6 Å². The first-order valence-electron chi connectivity index (χ1n) is 8.00. The number of aromatic nitrogens is 2. The standard InChI is InChI=1S/C20H19N3O2/c1-13-5-4-6-17(11-13)19(24)21-18-9-7-16(8-10-18)20(25)23-15(3)12-14(2)22-23/h4-12H,1-3H3,(H,21,24). The van der Waals surface area contributed by atoms with Gasteiger partial charge in [0.25, 0.3) is 11.8 Å². The van der Waals surface area contributed by atoms with Crippen molar-refractivity contribution in [3.8, 4) is 0 Å². The van der Waals surface area contributed by atoms with E-state index in [2.05, 4.69) is 10.4 Å². The van der Waals surface area contributed by atoms with Crippen molar-refractivity contribution < 1.29 is 9.59 Å². The second-order valence-electron chi connectivity index (χ2n) is 6.05.